The summed E-state index contributed by atoms with van der Waals surface area (Å²) in [7, 11) is 0. The zero-order chi connectivity index (χ0) is 24.4. The standard InChI is InChI=1S/C27H25N5O3/c1-3-31(16-24-29-23-10-5-4-9-22(23)26(33)30-24)27(34)19-7-6-8-21(13-19)35-17-20-15-32-14-18(2)11-12-25(32)28-20/h4-15H,3,16-17H2,1-2H3,(H,29,30,33). The molecule has 0 radical (unpaired) electrons. The SMILES string of the molecule is CCN(Cc1nc2ccccc2c(=O)[nH]1)C(=O)c1cccc(OCc2cn3cc(C)ccc3n2)c1. The number of ether oxygens (including phenoxy) is 1. The quantitative estimate of drug-likeness (QED) is 0.389. The van der Waals surface area contributed by atoms with Crippen LogP contribution < -0.4 is 10.3 Å². The molecule has 8 nitrogen and oxygen atoms in total. The van der Waals surface area contributed by atoms with Crippen LogP contribution in [0.2, 0.25) is 0 Å². The highest BCUT2D eigenvalue weighted by atomic mass is 16.5. The van der Waals surface area contributed by atoms with Gasteiger partial charge in [0.1, 0.15) is 23.8 Å². The Morgan fingerprint density at radius 3 is 2.77 bits per heavy atom. The lowest BCUT2D eigenvalue weighted by atomic mass is 10.2. The summed E-state index contributed by atoms with van der Waals surface area (Å²) in [5.41, 5.74) is 3.69. The molecule has 0 atom stereocenters. The molecule has 0 fully saturated rings. The number of hydrogen-bond donors (Lipinski definition) is 1. The Morgan fingerprint density at radius 1 is 1.06 bits per heavy atom. The van der Waals surface area contributed by atoms with Gasteiger partial charge in [0.15, 0.2) is 0 Å². The van der Waals surface area contributed by atoms with Gasteiger partial charge in [0, 0.05) is 24.5 Å². The molecular formula is C27H25N5O3. The summed E-state index contributed by atoms with van der Waals surface area (Å²) >= 11 is 0. The maximum atomic E-state index is 13.2. The fourth-order valence-corrected chi connectivity index (χ4v) is 4.00. The van der Waals surface area contributed by atoms with Crippen LogP contribution in [0.1, 0.15) is 34.4 Å². The summed E-state index contributed by atoms with van der Waals surface area (Å²) in [6, 6.07) is 18.2. The number of fused-ring (bicyclic) bond motifs is 2. The average Bonchev–Trinajstić information content (AvgIpc) is 3.28. The molecule has 35 heavy (non-hydrogen) atoms. The van der Waals surface area contributed by atoms with Crippen LogP contribution in [0, 0.1) is 6.92 Å². The van der Waals surface area contributed by atoms with Crippen molar-refractivity contribution in [2.45, 2.75) is 27.0 Å². The van der Waals surface area contributed by atoms with Crippen LogP contribution in [0.3, 0.4) is 0 Å². The lowest BCUT2D eigenvalue weighted by Gasteiger charge is -2.21. The molecule has 0 spiro atoms. The summed E-state index contributed by atoms with van der Waals surface area (Å²) in [6.07, 6.45) is 3.95. The van der Waals surface area contributed by atoms with E-state index >= 15 is 0 Å². The third kappa shape index (κ3) is 4.77. The van der Waals surface area contributed by atoms with Crippen LogP contribution in [0.4, 0.5) is 0 Å². The Hall–Kier alpha value is -4.46. The Bertz CT molecular complexity index is 1590. The van der Waals surface area contributed by atoms with Crippen molar-refractivity contribution in [1.29, 1.82) is 0 Å². The van der Waals surface area contributed by atoms with E-state index in [1.807, 2.05) is 54.9 Å². The summed E-state index contributed by atoms with van der Waals surface area (Å²) in [6.45, 7) is 4.87. The molecule has 2 aromatic carbocycles. The summed E-state index contributed by atoms with van der Waals surface area (Å²) in [5.74, 6) is 0.854. The van der Waals surface area contributed by atoms with Gasteiger partial charge in [-0.3, -0.25) is 9.59 Å². The summed E-state index contributed by atoms with van der Waals surface area (Å²) < 4.78 is 7.90. The van der Waals surface area contributed by atoms with Gasteiger partial charge in [-0.1, -0.05) is 24.3 Å². The number of hydrogen-bond acceptors (Lipinski definition) is 5. The van der Waals surface area contributed by atoms with E-state index in [2.05, 4.69) is 15.0 Å². The van der Waals surface area contributed by atoms with Crippen molar-refractivity contribution in [3.8, 4) is 5.75 Å². The third-order valence-electron chi connectivity index (χ3n) is 5.79. The summed E-state index contributed by atoms with van der Waals surface area (Å²) in [5, 5.41) is 0.524. The van der Waals surface area contributed by atoms with Crippen molar-refractivity contribution in [1.82, 2.24) is 24.3 Å². The Labute approximate surface area is 201 Å². The van der Waals surface area contributed by atoms with E-state index in [9.17, 15) is 9.59 Å². The molecule has 1 amide bonds. The van der Waals surface area contributed by atoms with E-state index in [1.165, 1.54) is 0 Å². The van der Waals surface area contributed by atoms with Gasteiger partial charge in [0.05, 0.1) is 23.1 Å². The topological polar surface area (TPSA) is 92.6 Å². The number of nitrogens with zero attached hydrogens (tertiary/aromatic N) is 4. The molecule has 0 aliphatic carbocycles. The molecule has 5 aromatic rings. The first-order valence-corrected chi connectivity index (χ1v) is 11.4. The first kappa shape index (κ1) is 22.3. The first-order chi connectivity index (χ1) is 17.0. The predicted molar refractivity (Wildman–Crippen MR) is 133 cm³/mol. The van der Waals surface area contributed by atoms with Crippen LogP contribution in [0.5, 0.6) is 5.75 Å². The molecule has 0 saturated heterocycles. The van der Waals surface area contributed by atoms with Gasteiger partial charge < -0.3 is 19.0 Å². The second-order valence-corrected chi connectivity index (χ2v) is 8.37. The van der Waals surface area contributed by atoms with Crippen molar-refractivity contribution in [2.24, 2.45) is 0 Å². The van der Waals surface area contributed by atoms with E-state index < -0.39 is 0 Å². The van der Waals surface area contributed by atoms with Gasteiger partial charge in [-0.05, 0) is 55.8 Å². The maximum absolute atomic E-state index is 13.2. The number of aryl methyl sites for hydroxylation is 1. The Morgan fingerprint density at radius 2 is 1.91 bits per heavy atom. The monoisotopic (exact) mass is 467 g/mol. The molecule has 0 aliphatic heterocycles. The number of carbonyl (C=O) groups is 1. The van der Waals surface area contributed by atoms with Crippen molar-refractivity contribution >= 4 is 22.5 Å². The second-order valence-electron chi connectivity index (χ2n) is 8.37. The van der Waals surface area contributed by atoms with Crippen LogP contribution in [-0.4, -0.2) is 36.7 Å². The number of rotatable bonds is 7. The molecule has 0 saturated carbocycles. The maximum Gasteiger partial charge on any atom is 0.258 e. The summed E-state index contributed by atoms with van der Waals surface area (Å²) in [4.78, 5) is 39.2. The minimum atomic E-state index is -0.216. The fraction of sp³-hybridized carbons (Fsp3) is 0.185. The predicted octanol–water partition coefficient (Wildman–Crippen LogP) is 4.12. The van der Waals surface area contributed by atoms with Gasteiger partial charge in [0.2, 0.25) is 0 Å². The Kier molecular flexibility index (Phi) is 6.01. The molecule has 3 heterocycles. The molecule has 0 aliphatic rings. The third-order valence-corrected chi connectivity index (χ3v) is 5.79. The second kappa shape index (κ2) is 9.42. The minimum Gasteiger partial charge on any atom is -0.487 e. The number of pyridine rings is 1. The number of para-hydroxylation sites is 1. The van der Waals surface area contributed by atoms with Crippen molar-refractivity contribution < 1.29 is 9.53 Å². The molecule has 3 aromatic heterocycles. The highest BCUT2D eigenvalue weighted by Crippen LogP contribution is 2.18. The molecular weight excluding hydrogens is 442 g/mol. The first-order valence-electron chi connectivity index (χ1n) is 11.4. The van der Waals surface area contributed by atoms with Crippen LogP contribution in [-0.2, 0) is 13.2 Å². The Balaban J connectivity index is 1.30. The van der Waals surface area contributed by atoms with Crippen molar-refractivity contribution in [2.75, 3.05) is 6.54 Å². The minimum absolute atomic E-state index is 0.169. The van der Waals surface area contributed by atoms with E-state index in [1.54, 1.807) is 41.3 Å². The van der Waals surface area contributed by atoms with Crippen molar-refractivity contribution in [3.63, 3.8) is 0 Å². The van der Waals surface area contributed by atoms with Crippen LogP contribution in [0.15, 0.2) is 77.9 Å². The molecule has 8 heteroatoms. The van der Waals surface area contributed by atoms with Gasteiger partial charge >= 0.3 is 0 Å². The zero-order valence-corrected chi connectivity index (χ0v) is 19.6. The van der Waals surface area contributed by atoms with E-state index in [0.717, 1.165) is 16.9 Å². The van der Waals surface area contributed by atoms with Gasteiger partial charge in [-0.25, -0.2) is 9.97 Å². The number of benzene rings is 2. The largest absolute Gasteiger partial charge is 0.487 e. The van der Waals surface area contributed by atoms with Crippen LogP contribution in [0.25, 0.3) is 16.6 Å². The smallest absolute Gasteiger partial charge is 0.258 e. The zero-order valence-electron chi connectivity index (χ0n) is 19.6. The molecule has 0 unspecified atom stereocenters. The molecule has 1 N–H and O–H groups in total. The van der Waals surface area contributed by atoms with Crippen molar-refractivity contribution in [3.05, 3.63) is 106 Å². The van der Waals surface area contributed by atoms with Gasteiger partial charge in [-0.15, -0.1) is 0 Å². The number of aromatic nitrogens is 4. The highest BCUT2D eigenvalue weighted by molar-refractivity contribution is 5.94. The number of nitrogens with one attached hydrogen (secondary N) is 1. The van der Waals surface area contributed by atoms with Gasteiger partial charge in [0.25, 0.3) is 11.5 Å². The average molecular weight is 468 g/mol. The number of aromatic amines is 1. The highest BCUT2D eigenvalue weighted by Gasteiger charge is 2.17. The number of carbonyl (C=O) groups excluding carboxylic acids is 1. The fourth-order valence-electron chi connectivity index (χ4n) is 4.00. The lowest BCUT2D eigenvalue weighted by Crippen LogP contribution is -2.32. The van der Waals surface area contributed by atoms with E-state index in [0.29, 0.717) is 34.6 Å². The lowest BCUT2D eigenvalue weighted by molar-refractivity contribution is 0.0748. The number of imidazole rings is 1. The number of amides is 1. The molecule has 0 bridgehead atoms. The van der Waals surface area contributed by atoms with Crippen LogP contribution >= 0.6 is 0 Å². The normalized spacial score (nSPS) is 11.1. The van der Waals surface area contributed by atoms with E-state index in [4.69, 9.17) is 4.74 Å². The molecule has 176 valence electrons. The molecule has 5 rings (SSSR count). The van der Waals surface area contributed by atoms with E-state index in [-0.39, 0.29) is 24.6 Å². The number of H-pyrrole nitrogens is 1. The van der Waals surface area contributed by atoms with Gasteiger partial charge in [-0.2, -0.15) is 0 Å².